The summed E-state index contributed by atoms with van der Waals surface area (Å²) in [6, 6.07) is 8.37. The van der Waals surface area contributed by atoms with Crippen molar-refractivity contribution in [3.63, 3.8) is 0 Å². The lowest BCUT2D eigenvalue weighted by Gasteiger charge is -2.09. The highest BCUT2D eigenvalue weighted by atomic mass is 16.5. The van der Waals surface area contributed by atoms with E-state index in [0.29, 0.717) is 0 Å². The van der Waals surface area contributed by atoms with E-state index in [2.05, 4.69) is 17.4 Å². The molecule has 0 atom stereocenters. The van der Waals surface area contributed by atoms with E-state index in [9.17, 15) is 0 Å². The molecular weight excluding hydrogens is 222 g/mol. The summed E-state index contributed by atoms with van der Waals surface area (Å²) in [5, 5.41) is 3.56. The molecule has 0 bridgehead atoms. The molecule has 0 radical (unpaired) electrons. The van der Waals surface area contributed by atoms with Gasteiger partial charge in [-0.25, -0.2) is 0 Å². The topological polar surface area (TPSA) is 21.3 Å². The molecular formula is C16H25NO. The van der Waals surface area contributed by atoms with Crippen molar-refractivity contribution in [2.45, 2.75) is 38.5 Å². The second-order valence-electron chi connectivity index (χ2n) is 5.29. The lowest BCUT2D eigenvalue weighted by molar-refractivity contribution is 0.414. The maximum absolute atomic E-state index is 5.15. The number of hydrogen-bond acceptors (Lipinski definition) is 2. The van der Waals surface area contributed by atoms with Crippen LogP contribution in [0.15, 0.2) is 24.3 Å². The molecule has 0 amide bonds. The normalized spacial score (nSPS) is 16.1. The van der Waals surface area contributed by atoms with E-state index in [0.717, 1.165) is 24.6 Å². The minimum atomic E-state index is 0.938. The van der Waals surface area contributed by atoms with Gasteiger partial charge in [0.2, 0.25) is 0 Å². The molecule has 1 aromatic rings. The maximum Gasteiger partial charge on any atom is 0.118 e. The Morgan fingerprint density at radius 2 is 1.83 bits per heavy atom. The fourth-order valence-corrected chi connectivity index (χ4v) is 2.76. The first-order valence-corrected chi connectivity index (χ1v) is 7.22. The molecule has 0 unspecified atom stereocenters. The van der Waals surface area contributed by atoms with Gasteiger partial charge in [-0.3, -0.25) is 0 Å². The molecule has 1 aliphatic rings. The summed E-state index contributed by atoms with van der Waals surface area (Å²) in [5.74, 6) is 1.94. The summed E-state index contributed by atoms with van der Waals surface area (Å²) in [6.45, 7) is 2.26. The van der Waals surface area contributed by atoms with Crippen LogP contribution in [-0.4, -0.2) is 20.2 Å². The average Bonchev–Trinajstić information content (AvgIpc) is 2.92. The molecule has 2 heteroatoms. The zero-order chi connectivity index (χ0) is 12.6. The number of ether oxygens (including phenoxy) is 1. The number of hydrogen-bond donors (Lipinski definition) is 1. The van der Waals surface area contributed by atoms with Crippen LogP contribution < -0.4 is 10.1 Å². The molecule has 1 aliphatic carbocycles. The average molecular weight is 247 g/mol. The largest absolute Gasteiger partial charge is 0.497 e. The van der Waals surface area contributed by atoms with Crippen molar-refractivity contribution < 1.29 is 4.74 Å². The van der Waals surface area contributed by atoms with E-state index >= 15 is 0 Å². The van der Waals surface area contributed by atoms with Gasteiger partial charge in [-0.2, -0.15) is 0 Å². The van der Waals surface area contributed by atoms with Crippen molar-refractivity contribution >= 4 is 0 Å². The lowest BCUT2D eigenvalue weighted by atomic mass is 10.0. The predicted octanol–water partition coefficient (Wildman–Crippen LogP) is 3.41. The number of rotatable bonds is 7. The van der Waals surface area contributed by atoms with E-state index in [1.165, 1.54) is 44.2 Å². The van der Waals surface area contributed by atoms with E-state index in [-0.39, 0.29) is 0 Å². The molecule has 100 valence electrons. The molecule has 18 heavy (non-hydrogen) atoms. The Morgan fingerprint density at radius 1 is 1.11 bits per heavy atom. The van der Waals surface area contributed by atoms with Crippen LogP contribution in [0.5, 0.6) is 5.75 Å². The Morgan fingerprint density at radius 3 is 2.50 bits per heavy atom. The standard InChI is InChI=1S/C16H25NO/c1-18-16-8-6-15(7-9-16)11-13-17-12-10-14-4-2-3-5-14/h6-9,14,17H,2-5,10-13H2,1H3. The highest BCUT2D eigenvalue weighted by Crippen LogP contribution is 2.26. The van der Waals surface area contributed by atoms with Crippen molar-refractivity contribution in [3.8, 4) is 5.75 Å². The lowest BCUT2D eigenvalue weighted by Crippen LogP contribution is -2.20. The fraction of sp³-hybridized carbons (Fsp3) is 0.625. The van der Waals surface area contributed by atoms with Crippen LogP contribution in [-0.2, 0) is 6.42 Å². The van der Waals surface area contributed by atoms with E-state index < -0.39 is 0 Å². The predicted molar refractivity (Wildman–Crippen MR) is 76.1 cm³/mol. The molecule has 1 N–H and O–H groups in total. The number of methoxy groups -OCH3 is 1. The molecule has 0 saturated heterocycles. The second kappa shape index (κ2) is 7.42. The van der Waals surface area contributed by atoms with Gasteiger partial charge in [-0.1, -0.05) is 37.8 Å². The van der Waals surface area contributed by atoms with E-state index in [4.69, 9.17) is 4.74 Å². The Balaban J connectivity index is 1.56. The Labute approximate surface area is 111 Å². The fourth-order valence-electron chi connectivity index (χ4n) is 2.76. The van der Waals surface area contributed by atoms with Crippen molar-refractivity contribution in [2.24, 2.45) is 5.92 Å². The van der Waals surface area contributed by atoms with Gasteiger partial charge in [0.15, 0.2) is 0 Å². The summed E-state index contributed by atoms with van der Waals surface area (Å²) in [5.41, 5.74) is 1.38. The van der Waals surface area contributed by atoms with Crippen LogP contribution in [0.3, 0.4) is 0 Å². The van der Waals surface area contributed by atoms with Crippen molar-refractivity contribution in [2.75, 3.05) is 20.2 Å². The van der Waals surface area contributed by atoms with Crippen LogP contribution >= 0.6 is 0 Å². The first-order chi connectivity index (χ1) is 8.88. The van der Waals surface area contributed by atoms with Gasteiger partial charge in [0.1, 0.15) is 5.75 Å². The van der Waals surface area contributed by atoms with Gasteiger partial charge < -0.3 is 10.1 Å². The highest BCUT2D eigenvalue weighted by Gasteiger charge is 2.13. The summed E-state index contributed by atoms with van der Waals surface area (Å²) >= 11 is 0. The van der Waals surface area contributed by atoms with Gasteiger partial charge in [-0.05, 0) is 49.5 Å². The zero-order valence-electron chi connectivity index (χ0n) is 11.5. The highest BCUT2D eigenvalue weighted by molar-refractivity contribution is 5.27. The minimum Gasteiger partial charge on any atom is -0.497 e. The Kier molecular flexibility index (Phi) is 5.53. The summed E-state index contributed by atoms with van der Waals surface area (Å²) in [4.78, 5) is 0. The molecule has 0 aliphatic heterocycles. The molecule has 0 spiro atoms. The molecule has 2 nitrogen and oxygen atoms in total. The van der Waals surface area contributed by atoms with Crippen LogP contribution in [0.25, 0.3) is 0 Å². The van der Waals surface area contributed by atoms with E-state index in [1.54, 1.807) is 7.11 Å². The zero-order valence-corrected chi connectivity index (χ0v) is 11.5. The third-order valence-corrected chi connectivity index (χ3v) is 3.95. The first kappa shape index (κ1) is 13.4. The van der Waals surface area contributed by atoms with Crippen molar-refractivity contribution in [1.29, 1.82) is 0 Å². The summed E-state index contributed by atoms with van der Waals surface area (Å²) in [6.07, 6.45) is 8.30. The van der Waals surface area contributed by atoms with Crippen LogP contribution in [0.4, 0.5) is 0 Å². The Hall–Kier alpha value is -1.02. The molecule has 0 aromatic heterocycles. The van der Waals surface area contributed by atoms with Gasteiger partial charge in [0.25, 0.3) is 0 Å². The molecule has 1 saturated carbocycles. The smallest absolute Gasteiger partial charge is 0.118 e. The van der Waals surface area contributed by atoms with Crippen molar-refractivity contribution in [3.05, 3.63) is 29.8 Å². The monoisotopic (exact) mass is 247 g/mol. The second-order valence-corrected chi connectivity index (χ2v) is 5.29. The van der Waals surface area contributed by atoms with Gasteiger partial charge in [0.05, 0.1) is 7.11 Å². The molecule has 1 aromatic carbocycles. The quantitative estimate of drug-likeness (QED) is 0.746. The molecule has 1 fully saturated rings. The third kappa shape index (κ3) is 4.34. The first-order valence-electron chi connectivity index (χ1n) is 7.22. The van der Waals surface area contributed by atoms with Gasteiger partial charge in [-0.15, -0.1) is 0 Å². The molecule has 0 heterocycles. The minimum absolute atomic E-state index is 0.938. The maximum atomic E-state index is 5.15. The third-order valence-electron chi connectivity index (χ3n) is 3.95. The van der Waals surface area contributed by atoms with Crippen LogP contribution in [0, 0.1) is 5.92 Å². The van der Waals surface area contributed by atoms with Crippen LogP contribution in [0.1, 0.15) is 37.7 Å². The van der Waals surface area contributed by atoms with Gasteiger partial charge >= 0.3 is 0 Å². The SMILES string of the molecule is COc1ccc(CCNCCC2CCCC2)cc1. The number of benzene rings is 1. The number of nitrogens with one attached hydrogen (secondary N) is 1. The molecule has 2 rings (SSSR count). The summed E-state index contributed by atoms with van der Waals surface area (Å²) in [7, 11) is 1.71. The van der Waals surface area contributed by atoms with E-state index in [1.807, 2.05) is 12.1 Å². The summed E-state index contributed by atoms with van der Waals surface area (Å²) < 4.78 is 5.15. The Bertz CT molecular complexity index is 327. The van der Waals surface area contributed by atoms with Crippen LogP contribution in [0.2, 0.25) is 0 Å². The van der Waals surface area contributed by atoms with Gasteiger partial charge in [0, 0.05) is 0 Å². The van der Waals surface area contributed by atoms with Crippen molar-refractivity contribution in [1.82, 2.24) is 5.32 Å².